The average Bonchev–Trinajstić information content (AvgIpc) is 2.20. The van der Waals surface area contributed by atoms with Gasteiger partial charge in [0.05, 0.1) is 38.7 Å². The Morgan fingerprint density at radius 3 is 2.13 bits per heavy atom. The summed E-state index contributed by atoms with van der Waals surface area (Å²) in [4.78, 5) is 10.5. The fraction of sp³-hybridized carbons (Fsp3) is 0.700. The number of rotatable bonds is 10. The van der Waals surface area contributed by atoms with Gasteiger partial charge >= 0.3 is 0 Å². The maximum absolute atomic E-state index is 10.5. The normalized spacial score (nSPS) is 9.80. The van der Waals surface area contributed by atoms with Crippen LogP contribution in [-0.4, -0.2) is 53.2 Å². The minimum Gasteiger partial charge on any atom is -0.379 e. The first kappa shape index (κ1) is 14.2. The van der Waals surface area contributed by atoms with Gasteiger partial charge in [-0.25, -0.2) is 0 Å². The van der Waals surface area contributed by atoms with Gasteiger partial charge in [0.15, 0.2) is 7.85 Å². The fourth-order valence-electron chi connectivity index (χ4n) is 0.787. The monoisotopic (exact) mass is 212 g/mol. The van der Waals surface area contributed by atoms with Gasteiger partial charge in [-0.15, -0.1) is 6.42 Å². The van der Waals surface area contributed by atoms with E-state index in [1.807, 2.05) is 0 Å². The Bertz CT molecular complexity index is 200. The van der Waals surface area contributed by atoms with Gasteiger partial charge in [-0.3, -0.25) is 0 Å². The fourth-order valence-corrected chi connectivity index (χ4v) is 0.787. The van der Waals surface area contributed by atoms with Crippen LogP contribution >= 0.6 is 0 Å². The van der Waals surface area contributed by atoms with E-state index < -0.39 is 0 Å². The van der Waals surface area contributed by atoms with Crippen molar-refractivity contribution in [3.05, 3.63) is 0 Å². The van der Waals surface area contributed by atoms with Crippen LogP contribution < -0.4 is 0 Å². The Morgan fingerprint density at radius 2 is 1.60 bits per heavy atom. The van der Waals surface area contributed by atoms with Gasteiger partial charge in [0, 0.05) is 6.42 Å². The number of carbonyl (C=O) groups is 1. The average molecular weight is 212 g/mol. The lowest BCUT2D eigenvalue weighted by Gasteiger charge is -2.04. The van der Waals surface area contributed by atoms with Gasteiger partial charge in [-0.1, -0.05) is 5.92 Å². The summed E-state index contributed by atoms with van der Waals surface area (Å²) in [5.41, 5.74) is 0.138. The van der Waals surface area contributed by atoms with Crippen LogP contribution in [-0.2, 0) is 19.0 Å². The summed E-state index contributed by atoms with van der Waals surface area (Å²) in [5, 5.41) is 0. The molecule has 0 aliphatic heterocycles. The van der Waals surface area contributed by atoms with E-state index in [0.29, 0.717) is 46.1 Å². The molecule has 0 spiro atoms. The highest BCUT2D eigenvalue weighted by atomic mass is 16.5. The zero-order valence-corrected chi connectivity index (χ0v) is 9.16. The molecular formula is C10H17BO4. The summed E-state index contributed by atoms with van der Waals surface area (Å²) >= 11 is 0. The van der Waals surface area contributed by atoms with Crippen LogP contribution in [0.4, 0.5) is 0 Å². The van der Waals surface area contributed by atoms with E-state index in [4.69, 9.17) is 20.6 Å². The molecule has 0 rings (SSSR count). The molecule has 0 saturated heterocycles. The van der Waals surface area contributed by atoms with E-state index in [2.05, 4.69) is 5.92 Å². The van der Waals surface area contributed by atoms with Crippen LogP contribution in [0.1, 0.15) is 6.42 Å². The predicted octanol–water partition coefficient (Wildman–Crippen LogP) is -0.781. The molecule has 5 heteroatoms. The number of carbonyl (C=O) groups excluding carboxylic acids is 1. The Balaban J connectivity index is 2.93. The lowest BCUT2D eigenvalue weighted by Crippen LogP contribution is -2.11. The third kappa shape index (κ3) is 13.2. The molecule has 0 saturated carbocycles. The zero-order valence-electron chi connectivity index (χ0n) is 9.16. The molecule has 0 aromatic rings. The van der Waals surface area contributed by atoms with E-state index in [1.54, 1.807) is 7.85 Å². The summed E-state index contributed by atoms with van der Waals surface area (Å²) < 4.78 is 15.3. The van der Waals surface area contributed by atoms with Gasteiger partial charge in [0.1, 0.15) is 6.61 Å². The van der Waals surface area contributed by atoms with Crippen molar-refractivity contribution in [1.82, 2.24) is 0 Å². The van der Waals surface area contributed by atoms with Crippen LogP contribution in [0, 0.1) is 12.3 Å². The van der Waals surface area contributed by atoms with Gasteiger partial charge < -0.3 is 19.0 Å². The number of terminal acetylenes is 1. The first-order valence-corrected chi connectivity index (χ1v) is 4.93. The lowest BCUT2D eigenvalue weighted by molar-refractivity contribution is -0.112. The molecule has 4 nitrogen and oxygen atoms in total. The summed E-state index contributed by atoms with van der Waals surface area (Å²) in [6, 6.07) is 0. The Hall–Kier alpha value is -0.825. The molecule has 0 aromatic heterocycles. The van der Waals surface area contributed by atoms with E-state index >= 15 is 0 Å². The third-order valence-electron chi connectivity index (χ3n) is 1.53. The van der Waals surface area contributed by atoms with Crippen molar-refractivity contribution in [1.29, 1.82) is 0 Å². The first-order valence-electron chi connectivity index (χ1n) is 4.93. The molecule has 0 aliphatic rings. The van der Waals surface area contributed by atoms with Gasteiger partial charge in [-0.05, 0) is 0 Å². The lowest BCUT2D eigenvalue weighted by atomic mass is 10.0. The molecule has 15 heavy (non-hydrogen) atoms. The van der Waals surface area contributed by atoms with Crippen LogP contribution in [0.5, 0.6) is 0 Å². The number of hydrogen-bond donors (Lipinski definition) is 0. The van der Waals surface area contributed by atoms with Crippen LogP contribution in [0.3, 0.4) is 0 Å². The van der Waals surface area contributed by atoms with E-state index in [0.717, 1.165) is 0 Å². The van der Waals surface area contributed by atoms with E-state index in [9.17, 15) is 4.79 Å². The second-order valence-electron chi connectivity index (χ2n) is 2.93. The summed E-state index contributed by atoms with van der Waals surface area (Å²) in [6.45, 7) is 2.81. The Kier molecular flexibility index (Phi) is 10.6. The summed E-state index contributed by atoms with van der Waals surface area (Å²) in [7, 11) is 1.54. The van der Waals surface area contributed by atoms with Crippen molar-refractivity contribution in [3.63, 3.8) is 0 Å². The maximum atomic E-state index is 10.5. The second kappa shape index (κ2) is 11.3. The molecule has 0 fully saturated rings. The minimum atomic E-state index is 0.138. The van der Waals surface area contributed by atoms with Gasteiger partial charge in [0.25, 0.3) is 0 Å². The van der Waals surface area contributed by atoms with Crippen molar-refractivity contribution in [2.45, 2.75) is 6.42 Å². The summed E-state index contributed by atoms with van der Waals surface area (Å²) in [6.07, 6.45) is 5.45. The second-order valence-corrected chi connectivity index (χ2v) is 2.93. The van der Waals surface area contributed by atoms with Crippen LogP contribution in [0.2, 0.25) is 0 Å². The molecule has 0 radical (unpaired) electrons. The smallest absolute Gasteiger partial charge is 0.187 e. The highest BCUT2D eigenvalue weighted by Crippen LogP contribution is 1.84. The standard InChI is InChI=1S/C10H17BO4/c1-2-4-13-6-8-15-9-7-14-5-3-10(11)12/h1H,3-9,11H2. The molecule has 0 unspecified atom stereocenters. The molecule has 0 atom stereocenters. The quantitative estimate of drug-likeness (QED) is 0.270. The minimum absolute atomic E-state index is 0.138. The maximum Gasteiger partial charge on any atom is 0.187 e. The first-order chi connectivity index (χ1) is 7.27. The van der Waals surface area contributed by atoms with Crippen molar-refractivity contribution in [3.8, 4) is 12.3 Å². The highest BCUT2D eigenvalue weighted by molar-refractivity contribution is 6.57. The van der Waals surface area contributed by atoms with Gasteiger partial charge in [-0.2, -0.15) is 0 Å². The highest BCUT2D eigenvalue weighted by Gasteiger charge is 1.93. The molecule has 0 N–H and O–H groups in total. The molecule has 0 aliphatic carbocycles. The van der Waals surface area contributed by atoms with E-state index in [1.165, 1.54) is 0 Å². The molecular weight excluding hydrogens is 195 g/mol. The van der Waals surface area contributed by atoms with Crippen LogP contribution in [0.15, 0.2) is 0 Å². The predicted molar refractivity (Wildman–Crippen MR) is 59.5 cm³/mol. The topological polar surface area (TPSA) is 44.8 Å². The summed E-state index contributed by atoms with van der Waals surface area (Å²) in [5.74, 6) is 2.36. The molecule has 0 bridgehead atoms. The Morgan fingerprint density at radius 1 is 1.07 bits per heavy atom. The zero-order chi connectivity index (χ0) is 11.4. The largest absolute Gasteiger partial charge is 0.379 e. The molecule has 0 heterocycles. The Labute approximate surface area is 91.7 Å². The van der Waals surface area contributed by atoms with Gasteiger partial charge in [0.2, 0.25) is 0 Å². The molecule has 0 amide bonds. The van der Waals surface area contributed by atoms with Crippen molar-refractivity contribution >= 4 is 13.5 Å². The molecule has 0 aromatic carbocycles. The van der Waals surface area contributed by atoms with Crippen molar-refractivity contribution in [2.75, 3.05) is 39.6 Å². The number of hydrogen-bond acceptors (Lipinski definition) is 4. The third-order valence-corrected chi connectivity index (χ3v) is 1.53. The molecule has 84 valence electrons. The SMILES string of the molecule is BC(=O)CCOCCOCCOCC#C. The van der Waals surface area contributed by atoms with Crippen molar-refractivity contribution < 1.29 is 19.0 Å². The van der Waals surface area contributed by atoms with Crippen molar-refractivity contribution in [2.24, 2.45) is 0 Å². The van der Waals surface area contributed by atoms with E-state index in [-0.39, 0.29) is 5.68 Å². The van der Waals surface area contributed by atoms with Crippen LogP contribution in [0.25, 0.3) is 0 Å². The number of ether oxygens (including phenoxy) is 3.